The Kier molecular flexibility index (Phi) is 4.32. The first-order chi connectivity index (χ1) is 8.93. The molecule has 7 nitrogen and oxygen atoms in total. The van der Waals surface area contributed by atoms with Crippen LogP contribution >= 0.6 is 0 Å². The van der Waals surface area contributed by atoms with Crippen molar-refractivity contribution < 1.29 is 23.1 Å². The second-order valence-electron chi connectivity index (χ2n) is 4.93. The number of amides is 1. The lowest BCUT2D eigenvalue weighted by atomic mass is 10.1. The largest absolute Gasteiger partial charge is 0.450 e. The van der Waals surface area contributed by atoms with Crippen molar-refractivity contribution in [3.8, 4) is 0 Å². The molecule has 19 heavy (non-hydrogen) atoms. The molecule has 0 bridgehead atoms. The molecule has 0 aromatic carbocycles. The van der Waals surface area contributed by atoms with Crippen molar-refractivity contribution in [1.82, 2.24) is 9.80 Å². The first-order valence-corrected chi connectivity index (χ1v) is 8.29. The lowest BCUT2D eigenvalue weighted by molar-refractivity contribution is 0.0376. The van der Waals surface area contributed by atoms with Crippen LogP contribution in [-0.4, -0.2) is 85.9 Å². The van der Waals surface area contributed by atoms with Gasteiger partial charge in [-0.05, 0) is 6.92 Å². The van der Waals surface area contributed by atoms with Gasteiger partial charge in [-0.1, -0.05) is 0 Å². The van der Waals surface area contributed by atoms with Gasteiger partial charge in [0.15, 0.2) is 9.84 Å². The van der Waals surface area contributed by atoms with Gasteiger partial charge >= 0.3 is 6.09 Å². The van der Waals surface area contributed by atoms with Crippen LogP contribution in [0.15, 0.2) is 0 Å². The molecule has 0 unspecified atom stereocenters. The summed E-state index contributed by atoms with van der Waals surface area (Å²) in [6.45, 7) is 4.24. The number of hydrogen-bond acceptors (Lipinski definition) is 6. The molecule has 2 fully saturated rings. The van der Waals surface area contributed by atoms with E-state index in [1.165, 1.54) is 0 Å². The number of carbonyl (C=O) groups is 1. The van der Waals surface area contributed by atoms with Crippen LogP contribution in [0.2, 0.25) is 0 Å². The van der Waals surface area contributed by atoms with Gasteiger partial charge in [-0.25, -0.2) is 13.2 Å². The molecule has 2 aliphatic heterocycles. The molecule has 0 aliphatic carbocycles. The number of aliphatic hydroxyl groups excluding tert-OH is 1. The minimum atomic E-state index is -3.13. The van der Waals surface area contributed by atoms with Crippen molar-refractivity contribution in [1.29, 1.82) is 0 Å². The summed E-state index contributed by atoms with van der Waals surface area (Å²) < 4.78 is 27.9. The van der Waals surface area contributed by atoms with Crippen molar-refractivity contribution >= 4 is 15.9 Å². The van der Waals surface area contributed by atoms with E-state index < -0.39 is 15.9 Å². The Balaban J connectivity index is 1.88. The van der Waals surface area contributed by atoms with Crippen LogP contribution in [0, 0.1) is 0 Å². The molecule has 2 heterocycles. The summed E-state index contributed by atoms with van der Waals surface area (Å²) in [5, 5.41) is 9.81. The van der Waals surface area contributed by atoms with Gasteiger partial charge in [-0.2, -0.15) is 0 Å². The van der Waals surface area contributed by atoms with E-state index in [0.717, 1.165) is 0 Å². The summed E-state index contributed by atoms with van der Waals surface area (Å²) in [5.41, 5.74) is 0. The third kappa shape index (κ3) is 3.37. The normalized spacial score (nSPS) is 31.4. The number of hydrogen-bond donors (Lipinski definition) is 1. The van der Waals surface area contributed by atoms with Gasteiger partial charge < -0.3 is 14.7 Å². The molecule has 2 atom stereocenters. The van der Waals surface area contributed by atoms with E-state index in [1.807, 2.05) is 4.90 Å². The van der Waals surface area contributed by atoms with Gasteiger partial charge in [-0.15, -0.1) is 0 Å². The highest BCUT2D eigenvalue weighted by molar-refractivity contribution is 7.91. The number of ether oxygens (including phenoxy) is 1. The van der Waals surface area contributed by atoms with Crippen molar-refractivity contribution in [3.63, 3.8) is 0 Å². The van der Waals surface area contributed by atoms with E-state index in [9.17, 15) is 18.3 Å². The maximum Gasteiger partial charge on any atom is 0.409 e. The third-order valence-corrected chi connectivity index (χ3v) is 5.30. The minimum absolute atomic E-state index is 0.00751. The van der Waals surface area contributed by atoms with Crippen LogP contribution in [0.3, 0.4) is 0 Å². The van der Waals surface area contributed by atoms with Crippen LogP contribution in [0.5, 0.6) is 0 Å². The first-order valence-electron chi connectivity index (χ1n) is 6.47. The highest BCUT2D eigenvalue weighted by Crippen LogP contribution is 2.20. The lowest BCUT2D eigenvalue weighted by Crippen LogP contribution is -2.54. The molecular weight excluding hydrogens is 272 g/mol. The van der Waals surface area contributed by atoms with Gasteiger partial charge in [0.1, 0.15) is 0 Å². The van der Waals surface area contributed by atoms with Crippen LogP contribution < -0.4 is 0 Å². The molecule has 1 N–H and O–H groups in total. The molecular formula is C11H20N2O5S. The number of piperazine rings is 1. The van der Waals surface area contributed by atoms with Gasteiger partial charge in [0, 0.05) is 26.2 Å². The molecule has 0 aromatic heterocycles. The van der Waals surface area contributed by atoms with E-state index >= 15 is 0 Å². The summed E-state index contributed by atoms with van der Waals surface area (Å²) >= 11 is 0. The highest BCUT2D eigenvalue weighted by atomic mass is 32.2. The van der Waals surface area contributed by atoms with Crippen LogP contribution in [-0.2, 0) is 14.6 Å². The zero-order chi connectivity index (χ0) is 14.0. The number of aliphatic hydroxyl groups is 1. The number of nitrogens with zero attached hydrogens (tertiary/aromatic N) is 2. The van der Waals surface area contributed by atoms with Gasteiger partial charge in [0.25, 0.3) is 0 Å². The average molecular weight is 292 g/mol. The zero-order valence-electron chi connectivity index (χ0n) is 11.0. The Morgan fingerprint density at radius 3 is 2.37 bits per heavy atom. The first kappa shape index (κ1) is 14.5. The Bertz CT molecular complexity index is 430. The fourth-order valence-electron chi connectivity index (χ4n) is 2.61. The Morgan fingerprint density at radius 2 is 1.89 bits per heavy atom. The predicted octanol–water partition coefficient (Wildman–Crippen LogP) is -1.08. The number of rotatable bonds is 2. The minimum Gasteiger partial charge on any atom is -0.450 e. The van der Waals surface area contributed by atoms with Crippen LogP contribution in [0.1, 0.15) is 6.92 Å². The summed E-state index contributed by atoms with van der Waals surface area (Å²) in [5.74, 6) is -0.149. The smallest absolute Gasteiger partial charge is 0.409 e. The monoisotopic (exact) mass is 292 g/mol. The summed E-state index contributed by atoms with van der Waals surface area (Å²) in [7, 11) is -3.13. The molecule has 110 valence electrons. The molecule has 0 aromatic rings. The quantitative estimate of drug-likeness (QED) is 0.696. The van der Waals surface area contributed by atoms with E-state index in [1.54, 1.807) is 11.8 Å². The fourth-order valence-corrected chi connectivity index (χ4v) is 4.44. The lowest BCUT2D eigenvalue weighted by Gasteiger charge is -2.37. The SMILES string of the molecule is CCOC(=O)N1CCN([C@@H]2CS(=O)(=O)C[C@@H]2O)CC1. The highest BCUT2D eigenvalue weighted by Gasteiger charge is 2.41. The Hall–Kier alpha value is -0.860. The van der Waals surface area contributed by atoms with Gasteiger partial charge in [0.2, 0.25) is 0 Å². The van der Waals surface area contributed by atoms with Crippen molar-refractivity contribution in [2.45, 2.75) is 19.1 Å². The van der Waals surface area contributed by atoms with E-state index in [2.05, 4.69) is 0 Å². The molecule has 8 heteroatoms. The Labute approximate surface area is 113 Å². The fraction of sp³-hybridized carbons (Fsp3) is 0.909. The van der Waals surface area contributed by atoms with E-state index in [-0.39, 0.29) is 23.6 Å². The number of carbonyl (C=O) groups excluding carboxylic acids is 1. The molecule has 0 spiro atoms. The topological polar surface area (TPSA) is 87.2 Å². The summed E-state index contributed by atoms with van der Waals surface area (Å²) in [4.78, 5) is 15.1. The van der Waals surface area contributed by atoms with Crippen LogP contribution in [0.4, 0.5) is 4.79 Å². The van der Waals surface area contributed by atoms with Crippen molar-refractivity contribution in [3.05, 3.63) is 0 Å². The Morgan fingerprint density at radius 1 is 1.26 bits per heavy atom. The molecule has 2 aliphatic rings. The van der Waals surface area contributed by atoms with Crippen molar-refractivity contribution in [2.75, 3.05) is 44.3 Å². The molecule has 0 saturated carbocycles. The van der Waals surface area contributed by atoms with Crippen LogP contribution in [0.25, 0.3) is 0 Å². The molecule has 2 rings (SSSR count). The molecule has 0 radical (unpaired) electrons. The van der Waals surface area contributed by atoms with E-state index in [4.69, 9.17) is 4.74 Å². The second kappa shape index (κ2) is 5.64. The standard InChI is InChI=1S/C11H20N2O5S/c1-2-18-11(15)13-5-3-12(4-6-13)9-7-19(16,17)8-10(9)14/h9-10,14H,2-8H2,1H3/t9-,10+/m1/s1. The maximum absolute atomic E-state index is 11.5. The van der Waals surface area contributed by atoms with E-state index in [0.29, 0.717) is 32.8 Å². The second-order valence-corrected chi connectivity index (χ2v) is 7.09. The summed E-state index contributed by atoms with van der Waals surface area (Å²) in [6, 6.07) is -0.339. The average Bonchev–Trinajstić information content (AvgIpc) is 2.63. The maximum atomic E-state index is 11.5. The van der Waals surface area contributed by atoms with Gasteiger partial charge in [0.05, 0.1) is 30.3 Å². The molecule has 2 saturated heterocycles. The third-order valence-electron chi connectivity index (χ3n) is 3.60. The van der Waals surface area contributed by atoms with Gasteiger partial charge in [-0.3, -0.25) is 4.90 Å². The predicted molar refractivity (Wildman–Crippen MR) is 68.6 cm³/mol. The van der Waals surface area contributed by atoms with Crippen molar-refractivity contribution in [2.24, 2.45) is 0 Å². The zero-order valence-corrected chi connectivity index (χ0v) is 11.8. The number of sulfone groups is 1. The molecule has 1 amide bonds. The summed E-state index contributed by atoms with van der Waals surface area (Å²) in [6.07, 6.45) is -1.15.